The van der Waals surface area contributed by atoms with Crippen LogP contribution in [0.3, 0.4) is 0 Å². The van der Waals surface area contributed by atoms with Gasteiger partial charge in [0.25, 0.3) is 0 Å². The number of aromatic nitrogens is 3. The molecule has 2 heterocycles. The molecule has 230 valence electrons. The van der Waals surface area contributed by atoms with Crippen molar-refractivity contribution in [2.45, 2.75) is 33.1 Å². The van der Waals surface area contributed by atoms with E-state index >= 15 is 0 Å². The monoisotopic (exact) mass is 606 g/mol. The van der Waals surface area contributed by atoms with Crippen LogP contribution < -0.4 is 31.7 Å². The summed E-state index contributed by atoms with van der Waals surface area (Å²) in [6, 6.07) is 22.9. The van der Waals surface area contributed by atoms with Gasteiger partial charge in [-0.15, -0.1) is 0 Å². The van der Waals surface area contributed by atoms with E-state index in [1.165, 1.54) is 6.20 Å². The number of rotatable bonds is 11. The first-order chi connectivity index (χ1) is 21.8. The van der Waals surface area contributed by atoms with Crippen molar-refractivity contribution in [2.24, 2.45) is 5.73 Å². The van der Waals surface area contributed by atoms with Gasteiger partial charge in [-0.1, -0.05) is 55.3 Å². The van der Waals surface area contributed by atoms with Gasteiger partial charge in [-0.05, 0) is 50.1 Å². The predicted octanol–water partition coefficient (Wildman–Crippen LogP) is 6.11. The molecule has 0 saturated carbocycles. The summed E-state index contributed by atoms with van der Waals surface area (Å²) in [4.78, 5) is 40.3. The molecule has 0 fully saturated rings. The number of benzene rings is 3. The summed E-state index contributed by atoms with van der Waals surface area (Å²) < 4.78 is 7.90. The lowest BCUT2D eigenvalue weighted by Gasteiger charge is -2.15. The summed E-state index contributed by atoms with van der Waals surface area (Å²) in [5.74, 6) is 1.28. The van der Waals surface area contributed by atoms with Gasteiger partial charge >= 0.3 is 12.1 Å². The molecule has 0 bridgehead atoms. The lowest BCUT2D eigenvalue weighted by molar-refractivity contribution is -0.115. The number of pyridine rings is 1. The Hall–Kier alpha value is -5.91. The Morgan fingerprint density at radius 1 is 0.911 bits per heavy atom. The Morgan fingerprint density at radius 3 is 2.44 bits per heavy atom. The number of anilines is 3. The second kappa shape index (κ2) is 14.0. The Balaban J connectivity index is 1.33. The van der Waals surface area contributed by atoms with Crippen LogP contribution in [0.25, 0.3) is 16.5 Å². The van der Waals surface area contributed by atoms with E-state index in [1.54, 1.807) is 28.9 Å². The summed E-state index contributed by atoms with van der Waals surface area (Å²) in [7, 11) is 0. The van der Waals surface area contributed by atoms with E-state index in [0.29, 0.717) is 23.0 Å². The van der Waals surface area contributed by atoms with Gasteiger partial charge in [0.2, 0.25) is 5.91 Å². The number of carbonyl (C=O) groups is 3. The molecule has 0 radical (unpaired) electrons. The van der Waals surface area contributed by atoms with E-state index in [0.717, 1.165) is 47.0 Å². The number of nitrogens with two attached hydrogens (primary N) is 1. The van der Waals surface area contributed by atoms with Gasteiger partial charge < -0.3 is 26.4 Å². The number of amides is 5. The number of urea groups is 2. The zero-order valence-electron chi connectivity index (χ0n) is 25.0. The van der Waals surface area contributed by atoms with E-state index in [4.69, 9.17) is 15.6 Å². The molecule has 0 saturated heterocycles. The number of carbonyl (C=O) groups excluding carboxylic acids is 3. The van der Waals surface area contributed by atoms with Crippen LogP contribution in [0.15, 0.2) is 85.1 Å². The molecule has 0 spiro atoms. The second-order valence-electron chi connectivity index (χ2n) is 10.4. The third-order valence-corrected chi connectivity index (χ3v) is 6.85. The number of hydrogen-bond acceptors (Lipinski definition) is 6. The fourth-order valence-corrected chi connectivity index (χ4v) is 4.65. The molecule has 45 heavy (non-hydrogen) atoms. The van der Waals surface area contributed by atoms with E-state index in [1.807, 2.05) is 61.5 Å². The molecule has 0 aliphatic heterocycles. The van der Waals surface area contributed by atoms with Crippen molar-refractivity contribution in [3.63, 3.8) is 0 Å². The summed E-state index contributed by atoms with van der Waals surface area (Å²) in [5, 5.41) is 17.0. The first-order valence-electron chi connectivity index (χ1n) is 14.5. The highest BCUT2D eigenvalue weighted by Gasteiger charge is 2.15. The van der Waals surface area contributed by atoms with Crippen LogP contribution in [-0.4, -0.2) is 39.3 Å². The first kappa shape index (κ1) is 30.5. The zero-order valence-corrected chi connectivity index (χ0v) is 25.0. The van der Waals surface area contributed by atoms with Gasteiger partial charge in [0.15, 0.2) is 0 Å². The average molecular weight is 607 g/mol. The Bertz CT molecular complexity index is 1830. The Labute approximate surface area is 260 Å². The maximum absolute atomic E-state index is 13.3. The molecular formula is C33H34N8O4. The van der Waals surface area contributed by atoms with Crippen molar-refractivity contribution in [3.8, 4) is 17.2 Å². The molecule has 0 aliphatic rings. The van der Waals surface area contributed by atoms with Crippen LogP contribution in [0.1, 0.15) is 31.0 Å². The smallest absolute Gasteiger partial charge is 0.324 e. The number of hydrogen-bond donors (Lipinski definition) is 5. The van der Waals surface area contributed by atoms with Gasteiger partial charge in [0.05, 0.1) is 23.6 Å². The molecule has 12 heteroatoms. The Kier molecular flexibility index (Phi) is 9.53. The maximum atomic E-state index is 13.3. The summed E-state index contributed by atoms with van der Waals surface area (Å²) >= 11 is 0. The minimum absolute atomic E-state index is 0.241. The van der Waals surface area contributed by atoms with Gasteiger partial charge in [0, 0.05) is 29.1 Å². The summed E-state index contributed by atoms with van der Waals surface area (Å²) in [6.45, 7) is 3.87. The van der Waals surface area contributed by atoms with Crippen molar-refractivity contribution in [1.29, 1.82) is 0 Å². The minimum Gasteiger partial charge on any atom is -0.457 e. The van der Waals surface area contributed by atoms with Crippen LogP contribution in [-0.2, 0) is 11.2 Å². The summed E-state index contributed by atoms with van der Waals surface area (Å²) in [6.07, 6.45) is 4.35. The van der Waals surface area contributed by atoms with Crippen LogP contribution in [0.5, 0.6) is 11.5 Å². The first-order valence-corrected chi connectivity index (χ1v) is 14.5. The van der Waals surface area contributed by atoms with Gasteiger partial charge in [-0.3, -0.25) is 10.1 Å². The number of nitrogens with zero attached hydrogens (tertiary/aromatic N) is 3. The third kappa shape index (κ3) is 7.93. The van der Waals surface area contributed by atoms with Crippen molar-refractivity contribution >= 4 is 46.1 Å². The molecule has 0 aliphatic carbocycles. The molecule has 6 N–H and O–H groups in total. The maximum Gasteiger partial charge on any atom is 0.324 e. The highest BCUT2D eigenvalue weighted by Crippen LogP contribution is 2.35. The molecular weight excluding hydrogens is 572 g/mol. The highest BCUT2D eigenvalue weighted by molar-refractivity contribution is 6.07. The Morgan fingerprint density at radius 2 is 1.69 bits per heavy atom. The number of fused-ring (bicyclic) bond motifs is 1. The fourth-order valence-electron chi connectivity index (χ4n) is 4.65. The molecule has 12 nitrogen and oxygen atoms in total. The number of aryl methyl sites for hydroxylation is 2. The molecule has 0 atom stereocenters. The van der Waals surface area contributed by atoms with Gasteiger partial charge in [-0.25, -0.2) is 19.3 Å². The summed E-state index contributed by atoms with van der Waals surface area (Å²) in [5.41, 5.74) is 8.49. The van der Waals surface area contributed by atoms with Crippen LogP contribution in [0, 0.1) is 6.92 Å². The lowest BCUT2D eigenvalue weighted by Crippen LogP contribution is -2.36. The fraction of sp³-hybridized carbons (Fsp3) is 0.182. The van der Waals surface area contributed by atoms with Crippen molar-refractivity contribution in [1.82, 2.24) is 20.1 Å². The minimum atomic E-state index is -0.803. The normalized spacial score (nSPS) is 10.7. The van der Waals surface area contributed by atoms with Crippen LogP contribution >= 0.6 is 0 Å². The SMILES string of the molecule is CCCCc1cc(NC(=O)Nc2ccc(Oc3ccnc(NC(=O)CNC(N)=O)c3)c3ccccc23)n(-c2ccc(C)cc2)n1. The molecule has 5 amide bonds. The van der Waals surface area contributed by atoms with Crippen LogP contribution in [0.2, 0.25) is 0 Å². The van der Waals surface area contributed by atoms with E-state index < -0.39 is 18.0 Å². The average Bonchev–Trinajstić information content (AvgIpc) is 3.42. The van der Waals surface area contributed by atoms with Crippen molar-refractivity contribution < 1.29 is 19.1 Å². The molecule has 0 unspecified atom stereocenters. The number of nitrogens with one attached hydrogen (secondary N) is 4. The van der Waals surface area contributed by atoms with E-state index in [9.17, 15) is 14.4 Å². The molecule has 5 aromatic rings. The van der Waals surface area contributed by atoms with Crippen molar-refractivity contribution in [2.75, 3.05) is 22.5 Å². The molecule has 2 aromatic heterocycles. The van der Waals surface area contributed by atoms with Gasteiger partial charge in [0.1, 0.15) is 23.1 Å². The quantitative estimate of drug-likeness (QED) is 0.122. The lowest BCUT2D eigenvalue weighted by atomic mass is 10.1. The largest absolute Gasteiger partial charge is 0.457 e. The molecule has 5 rings (SSSR count). The number of unbranched alkanes of at least 4 members (excludes halogenated alkanes) is 1. The number of primary amides is 1. The second-order valence-corrected chi connectivity index (χ2v) is 10.4. The molecule has 3 aromatic carbocycles. The van der Waals surface area contributed by atoms with E-state index in [-0.39, 0.29) is 12.4 Å². The highest BCUT2D eigenvalue weighted by atomic mass is 16.5. The van der Waals surface area contributed by atoms with Crippen molar-refractivity contribution in [3.05, 3.63) is 96.3 Å². The topological polar surface area (TPSA) is 165 Å². The van der Waals surface area contributed by atoms with E-state index in [2.05, 4.69) is 33.2 Å². The standard InChI is InChI=1S/C33H34N8O4/c1-3-4-7-22-18-30(41(40-22)23-12-10-21(2)11-13-23)39-33(44)37-27-14-15-28(26-9-6-5-8-25(26)27)45-24-16-17-35-29(19-24)38-31(42)20-36-32(34)43/h5-6,8-19H,3-4,7,20H2,1-2H3,(H3,34,36,43)(H,35,38,42)(H2,37,39,44). The van der Waals surface area contributed by atoms with Gasteiger partial charge in [-0.2, -0.15) is 5.10 Å². The van der Waals surface area contributed by atoms with Crippen LogP contribution in [0.4, 0.5) is 26.9 Å². The predicted molar refractivity (Wildman–Crippen MR) is 174 cm³/mol. The number of ether oxygens (including phenoxy) is 1. The third-order valence-electron chi connectivity index (χ3n) is 6.85. The zero-order chi connectivity index (χ0) is 31.8.